The minimum atomic E-state index is -0.465. The van der Waals surface area contributed by atoms with Crippen LogP contribution < -0.4 is 0 Å². The van der Waals surface area contributed by atoms with Gasteiger partial charge in [0.15, 0.2) is 6.61 Å². The molecule has 0 unspecified atom stereocenters. The number of carbonyl (C=O) groups excluding carboxylic acids is 1. The van der Waals surface area contributed by atoms with E-state index in [-0.39, 0.29) is 6.61 Å². The van der Waals surface area contributed by atoms with E-state index in [0.29, 0.717) is 5.56 Å². The minimum Gasteiger partial charge on any atom is -0.447 e. The Morgan fingerprint density at radius 2 is 1.94 bits per heavy atom. The van der Waals surface area contributed by atoms with Crippen molar-refractivity contribution in [2.24, 2.45) is 0 Å². The fourth-order valence-electron chi connectivity index (χ4n) is 1.50. The van der Waals surface area contributed by atoms with Gasteiger partial charge in [-0.15, -0.1) is 0 Å². The monoisotopic (exact) mass is 211 g/mol. The molecule has 0 spiro atoms. The maximum absolute atomic E-state index is 11.5. The number of nitrogens with zero attached hydrogens (tertiary/aromatic N) is 1. The molecule has 0 N–H and O–H groups in total. The molecule has 2 aromatic carbocycles. The van der Waals surface area contributed by atoms with Crippen molar-refractivity contribution in [3.05, 3.63) is 48.0 Å². The maximum Gasteiger partial charge on any atom is 0.339 e. The number of nitriles is 1. The van der Waals surface area contributed by atoms with Crippen LogP contribution in [0.3, 0.4) is 0 Å². The second-order valence-corrected chi connectivity index (χ2v) is 3.30. The molecule has 0 aliphatic heterocycles. The third-order valence-corrected chi connectivity index (χ3v) is 2.25. The molecule has 3 heteroatoms. The van der Waals surface area contributed by atoms with E-state index in [9.17, 15) is 4.79 Å². The van der Waals surface area contributed by atoms with Crippen molar-refractivity contribution >= 4 is 16.7 Å². The normalized spacial score (nSPS) is 9.69. The predicted octanol–water partition coefficient (Wildman–Crippen LogP) is 2.52. The summed E-state index contributed by atoms with van der Waals surface area (Å²) >= 11 is 0. The average molecular weight is 211 g/mol. The van der Waals surface area contributed by atoms with E-state index in [4.69, 9.17) is 10.00 Å². The van der Waals surface area contributed by atoms with E-state index in [2.05, 4.69) is 0 Å². The predicted molar refractivity (Wildman–Crippen MR) is 59.8 cm³/mol. The van der Waals surface area contributed by atoms with Crippen LogP contribution >= 0.6 is 0 Å². The molecule has 3 nitrogen and oxygen atoms in total. The number of carbonyl (C=O) groups is 1. The van der Waals surface area contributed by atoms with Crippen molar-refractivity contribution in [2.45, 2.75) is 0 Å². The number of benzene rings is 2. The van der Waals surface area contributed by atoms with Crippen molar-refractivity contribution in [2.75, 3.05) is 6.61 Å². The lowest BCUT2D eigenvalue weighted by molar-refractivity contribution is 0.0555. The van der Waals surface area contributed by atoms with Crippen molar-refractivity contribution < 1.29 is 9.53 Å². The molecule has 0 bridgehead atoms. The molecular weight excluding hydrogens is 202 g/mol. The van der Waals surface area contributed by atoms with Crippen LogP contribution in [0.15, 0.2) is 42.5 Å². The van der Waals surface area contributed by atoms with E-state index in [1.165, 1.54) is 0 Å². The van der Waals surface area contributed by atoms with E-state index in [1.54, 1.807) is 18.2 Å². The van der Waals surface area contributed by atoms with Gasteiger partial charge in [0.25, 0.3) is 0 Å². The molecule has 0 saturated heterocycles. The van der Waals surface area contributed by atoms with E-state index < -0.39 is 5.97 Å². The number of fused-ring (bicyclic) bond motifs is 1. The number of ether oxygens (including phenoxy) is 1. The van der Waals surface area contributed by atoms with Gasteiger partial charge in [0.1, 0.15) is 6.07 Å². The second-order valence-electron chi connectivity index (χ2n) is 3.30. The smallest absolute Gasteiger partial charge is 0.339 e. The molecule has 0 amide bonds. The van der Waals surface area contributed by atoms with Crippen LogP contribution in [0.1, 0.15) is 10.4 Å². The van der Waals surface area contributed by atoms with Crippen molar-refractivity contribution in [1.29, 1.82) is 5.26 Å². The van der Waals surface area contributed by atoms with Crippen LogP contribution in [0.25, 0.3) is 10.8 Å². The molecule has 0 aromatic heterocycles. The van der Waals surface area contributed by atoms with Crippen molar-refractivity contribution in [1.82, 2.24) is 0 Å². The van der Waals surface area contributed by atoms with E-state index in [1.807, 2.05) is 30.3 Å². The molecule has 78 valence electrons. The lowest BCUT2D eigenvalue weighted by Gasteiger charge is -2.02. The van der Waals surface area contributed by atoms with Crippen molar-refractivity contribution in [3.63, 3.8) is 0 Å². The van der Waals surface area contributed by atoms with E-state index in [0.717, 1.165) is 10.8 Å². The fourth-order valence-corrected chi connectivity index (χ4v) is 1.50. The third-order valence-electron chi connectivity index (χ3n) is 2.25. The summed E-state index contributed by atoms with van der Waals surface area (Å²) in [6.07, 6.45) is 0. The Balaban J connectivity index is 2.33. The summed E-state index contributed by atoms with van der Waals surface area (Å²) in [4.78, 5) is 11.5. The molecule has 0 saturated carbocycles. The first-order valence-electron chi connectivity index (χ1n) is 4.84. The van der Waals surface area contributed by atoms with Gasteiger partial charge in [-0.2, -0.15) is 5.26 Å². The Bertz CT molecular complexity index is 569. The lowest BCUT2D eigenvalue weighted by atomic mass is 10.1. The molecule has 0 aliphatic carbocycles. The first-order valence-corrected chi connectivity index (χ1v) is 4.84. The minimum absolute atomic E-state index is 0.217. The number of hydrogen-bond donors (Lipinski definition) is 0. The zero-order chi connectivity index (χ0) is 11.4. The number of rotatable bonds is 2. The standard InChI is InChI=1S/C13H9NO2/c14-7-8-16-13(15)12-6-5-10-3-1-2-4-11(10)9-12/h1-6,9H,8H2. The van der Waals surface area contributed by atoms with Gasteiger partial charge in [-0.05, 0) is 22.9 Å². The van der Waals surface area contributed by atoms with Gasteiger partial charge in [0.05, 0.1) is 5.56 Å². The van der Waals surface area contributed by atoms with Crippen LogP contribution in [0.4, 0.5) is 0 Å². The van der Waals surface area contributed by atoms with E-state index >= 15 is 0 Å². The summed E-state index contributed by atoms with van der Waals surface area (Å²) in [5.74, 6) is -0.465. The van der Waals surface area contributed by atoms with Crippen molar-refractivity contribution in [3.8, 4) is 6.07 Å². The number of hydrogen-bond acceptors (Lipinski definition) is 3. The summed E-state index contributed by atoms with van der Waals surface area (Å²) in [5.41, 5.74) is 0.467. The maximum atomic E-state index is 11.5. The molecule has 0 radical (unpaired) electrons. The van der Waals surface area contributed by atoms with Crippen LogP contribution in [-0.4, -0.2) is 12.6 Å². The second kappa shape index (κ2) is 4.45. The van der Waals surface area contributed by atoms with Gasteiger partial charge in [-0.3, -0.25) is 0 Å². The quantitative estimate of drug-likeness (QED) is 0.717. The molecule has 2 rings (SSSR count). The molecule has 0 atom stereocenters. The SMILES string of the molecule is N#CCOC(=O)c1ccc2ccccc2c1. The van der Waals surface area contributed by atoms with Crippen LogP contribution in [-0.2, 0) is 4.74 Å². The highest BCUT2D eigenvalue weighted by Crippen LogP contribution is 2.16. The van der Waals surface area contributed by atoms with Gasteiger partial charge < -0.3 is 4.74 Å². The fraction of sp³-hybridized carbons (Fsp3) is 0.0769. The summed E-state index contributed by atoms with van der Waals surface area (Å²) in [7, 11) is 0. The third kappa shape index (κ3) is 2.01. The van der Waals surface area contributed by atoms with Crippen LogP contribution in [0, 0.1) is 11.3 Å². The summed E-state index contributed by atoms with van der Waals surface area (Å²) in [6, 6.07) is 14.8. The Hall–Kier alpha value is -2.34. The van der Waals surface area contributed by atoms with Gasteiger partial charge in [0, 0.05) is 0 Å². The number of esters is 1. The molecular formula is C13H9NO2. The lowest BCUT2D eigenvalue weighted by Crippen LogP contribution is -2.04. The Kier molecular flexibility index (Phi) is 2.84. The zero-order valence-corrected chi connectivity index (χ0v) is 8.51. The summed E-state index contributed by atoms with van der Waals surface area (Å²) in [6.45, 7) is -0.217. The van der Waals surface area contributed by atoms with Gasteiger partial charge in [0.2, 0.25) is 0 Å². The van der Waals surface area contributed by atoms with Crippen LogP contribution in [0.2, 0.25) is 0 Å². The summed E-state index contributed by atoms with van der Waals surface area (Å²) in [5, 5.41) is 10.4. The molecule has 2 aromatic rings. The van der Waals surface area contributed by atoms with Gasteiger partial charge in [-0.1, -0.05) is 30.3 Å². The van der Waals surface area contributed by atoms with Crippen LogP contribution in [0.5, 0.6) is 0 Å². The first kappa shape index (κ1) is 10.2. The Morgan fingerprint density at radius 3 is 2.69 bits per heavy atom. The Morgan fingerprint density at radius 1 is 1.19 bits per heavy atom. The Labute approximate surface area is 92.9 Å². The molecule has 0 fully saturated rings. The zero-order valence-electron chi connectivity index (χ0n) is 8.51. The summed E-state index contributed by atoms with van der Waals surface area (Å²) < 4.78 is 4.73. The molecule has 0 heterocycles. The highest BCUT2D eigenvalue weighted by atomic mass is 16.5. The van der Waals surface area contributed by atoms with Gasteiger partial charge >= 0.3 is 5.97 Å². The largest absolute Gasteiger partial charge is 0.447 e. The molecule has 16 heavy (non-hydrogen) atoms. The molecule has 0 aliphatic rings. The topological polar surface area (TPSA) is 50.1 Å². The first-order chi connectivity index (χ1) is 7.81. The average Bonchev–Trinajstić information content (AvgIpc) is 2.35. The van der Waals surface area contributed by atoms with Gasteiger partial charge in [-0.25, -0.2) is 4.79 Å². The highest BCUT2D eigenvalue weighted by molar-refractivity contribution is 5.95. The highest BCUT2D eigenvalue weighted by Gasteiger charge is 2.06.